The van der Waals surface area contributed by atoms with Crippen LogP contribution in [-0.4, -0.2) is 18.1 Å². The molecule has 2 heteroatoms. The Morgan fingerprint density at radius 2 is 1.88 bits per heavy atom. The second kappa shape index (κ2) is 8.97. The molecule has 0 aliphatic rings. The minimum absolute atomic E-state index is 0.938. The molecule has 1 aromatic carbocycles. The Balaban J connectivity index is 2.12. The number of nitrogens with two attached hydrogens (primary N) is 1. The number of rotatable bonds is 8. The first-order valence-corrected chi connectivity index (χ1v) is 6.54. The van der Waals surface area contributed by atoms with Crippen molar-refractivity contribution in [3.05, 3.63) is 42.0 Å². The maximum atomic E-state index is 5.89. The first-order chi connectivity index (χ1) is 8.33. The summed E-state index contributed by atoms with van der Waals surface area (Å²) in [7, 11) is 0. The largest absolute Gasteiger partial charge is 0.269 e. The predicted molar refractivity (Wildman–Crippen MR) is 75.4 cm³/mol. The molecule has 0 aliphatic carbocycles. The zero-order valence-electron chi connectivity index (χ0n) is 10.8. The van der Waals surface area contributed by atoms with Crippen LogP contribution < -0.4 is 5.84 Å². The lowest BCUT2D eigenvalue weighted by atomic mass is 10.2. The summed E-state index contributed by atoms with van der Waals surface area (Å²) in [5.41, 5.74) is 1.25. The van der Waals surface area contributed by atoms with Crippen molar-refractivity contribution in [2.24, 2.45) is 5.84 Å². The van der Waals surface area contributed by atoms with Gasteiger partial charge in [-0.05, 0) is 18.4 Å². The Kier molecular flexibility index (Phi) is 7.35. The van der Waals surface area contributed by atoms with E-state index < -0.39 is 0 Å². The lowest BCUT2D eigenvalue weighted by Crippen LogP contribution is -2.32. The van der Waals surface area contributed by atoms with E-state index in [1.807, 2.05) is 11.1 Å². The summed E-state index contributed by atoms with van der Waals surface area (Å²) in [5.74, 6) is 5.89. The second-order valence-corrected chi connectivity index (χ2v) is 4.34. The second-order valence-electron chi connectivity index (χ2n) is 4.34. The summed E-state index contributed by atoms with van der Waals surface area (Å²) in [4.78, 5) is 0. The summed E-state index contributed by atoms with van der Waals surface area (Å²) in [5, 5.41) is 1.92. The first-order valence-electron chi connectivity index (χ1n) is 6.54. The highest BCUT2D eigenvalue weighted by molar-refractivity contribution is 5.48. The average molecular weight is 232 g/mol. The van der Waals surface area contributed by atoms with Crippen LogP contribution in [0.25, 0.3) is 6.08 Å². The maximum Gasteiger partial charge on any atom is 0.0163 e. The zero-order valence-corrected chi connectivity index (χ0v) is 10.8. The molecule has 1 rings (SSSR count). The highest BCUT2D eigenvalue weighted by Crippen LogP contribution is 2.02. The van der Waals surface area contributed by atoms with Gasteiger partial charge in [-0.1, -0.05) is 62.2 Å². The molecule has 0 saturated heterocycles. The monoisotopic (exact) mass is 232 g/mol. The van der Waals surface area contributed by atoms with Crippen molar-refractivity contribution in [3.8, 4) is 0 Å². The van der Waals surface area contributed by atoms with Gasteiger partial charge in [-0.2, -0.15) is 0 Å². The van der Waals surface area contributed by atoms with Crippen LogP contribution in [0, 0.1) is 0 Å². The molecule has 17 heavy (non-hydrogen) atoms. The van der Waals surface area contributed by atoms with E-state index in [9.17, 15) is 0 Å². The summed E-state index contributed by atoms with van der Waals surface area (Å²) in [6.07, 6.45) is 9.08. The third-order valence-electron chi connectivity index (χ3n) is 2.74. The molecule has 0 aromatic heterocycles. The molecule has 0 unspecified atom stereocenters. The van der Waals surface area contributed by atoms with E-state index in [-0.39, 0.29) is 0 Å². The van der Waals surface area contributed by atoms with Gasteiger partial charge >= 0.3 is 0 Å². The van der Waals surface area contributed by atoms with Crippen LogP contribution in [0.5, 0.6) is 0 Å². The molecule has 1 aromatic rings. The summed E-state index contributed by atoms with van der Waals surface area (Å²) >= 11 is 0. The van der Waals surface area contributed by atoms with Gasteiger partial charge < -0.3 is 0 Å². The van der Waals surface area contributed by atoms with E-state index in [1.54, 1.807) is 0 Å². The Labute approximate surface area is 105 Å². The predicted octanol–water partition coefficient (Wildman–Crippen LogP) is 3.46. The molecule has 0 spiro atoms. The van der Waals surface area contributed by atoms with Crippen LogP contribution in [0.1, 0.15) is 38.2 Å². The van der Waals surface area contributed by atoms with E-state index in [4.69, 9.17) is 5.84 Å². The van der Waals surface area contributed by atoms with Crippen molar-refractivity contribution in [1.29, 1.82) is 0 Å². The van der Waals surface area contributed by atoms with Crippen molar-refractivity contribution >= 4 is 6.08 Å². The number of hydrazine groups is 1. The fourth-order valence-corrected chi connectivity index (χ4v) is 1.70. The fourth-order valence-electron chi connectivity index (χ4n) is 1.70. The number of hydrogen-bond donors (Lipinski definition) is 1. The topological polar surface area (TPSA) is 29.3 Å². The molecular formula is C15H24N2. The Morgan fingerprint density at radius 3 is 2.59 bits per heavy atom. The van der Waals surface area contributed by atoms with E-state index in [2.05, 4.69) is 43.3 Å². The normalized spacial score (nSPS) is 11.5. The van der Waals surface area contributed by atoms with Crippen LogP contribution in [0.2, 0.25) is 0 Å². The Hall–Kier alpha value is -1.12. The number of benzene rings is 1. The first kappa shape index (κ1) is 13.9. The van der Waals surface area contributed by atoms with E-state index in [1.165, 1.54) is 24.8 Å². The number of hydrogen-bond acceptors (Lipinski definition) is 2. The molecule has 0 aliphatic heterocycles. The van der Waals surface area contributed by atoms with Crippen molar-refractivity contribution in [3.63, 3.8) is 0 Å². The lowest BCUT2D eigenvalue weighted by molar-refractivity contribution is 0.282. The highest BCUT2D eigenvalue weighted by Gasteiger charge is 1.95. The third kappa shape index (κ3) is 6.93. The highest BCUT2D eigenvalue weighted by atomic mass is 15.4. The van der Waals surface area contributed by atoms with Crippen LogP contribution in [0.3, 0.4) is 0 Å². The van der Waals surface area contributed by atoms with E-state index in [0.717, 1.165) is 19.5 Å². The molecule has 0 atom stereocenters. The van der Waals surface area contributed by atoms with Gasteiger partial charge in [0.1, 0.15) is 0 Å². The van der Waals surface area contributed by atoms with Crippen molar-refractivity contribution in [1.82, 2.24) is 5.01 Å². The van der Waals surface area contributed by atoms with Gasteiger partial charge in [-0.3, -0.25) is 5.84 Å². The van der Waals surface area contributed by atoms with E-state index in [0.29, 0.717) is 0 Å². The third-order valence-corrected chi connectivity index (χ3v) is 2.74. The van der Waals surface area contributed by atoms with Gasteiger partial charge in [0.15, 0.2) is 0 Å². The Morgan fingerprint density at radius 1 is 1.12 bits per heavy atom. The Bertz CT molecular complexity index is 306. The van der Waals surface area contributed by atoms with Crippen LogP contribution in [-0.2, 0) is 0 Å². The van der Waals surface area contributed by atoms with Crippen molar-refractivity contribution < 1.29 is 0 Å². The van der Waals surface area contributed by atoms with Crippen molar-refractivity contribution in [2.75, 3.05) is 13.1 Å². The SMILES string of the molecule is CCCCCN(N)CCC=Cc1ccccc1. The minimum Gasteiger partial charge on any atom is -0.269 e. The quantitative estimate of drug-likeness (QED) is 0.422. The van der Waals surface area contributed by atoms with Gasteiger partial charge in [0.2, 0.25) is 0 Å². The fraction of sp³-hybridized carbons (Fsp3) is 0.467. The minimum atomic E-state index is 0.938. The summed E-state index contributed by atoms with van der Waals surface area (Å²) in [6, 6.07) is 10.4. The van der Waals surface area contributed by atoms with Gasteiger partial charge in [0, 0.05) is 13.1 Å². The molecule has 94 valence electrons. The molecule has 0 fully saturated rings. The molecule has 2 N–H and O–H groups in total. The van der Waals surface area contributed by atoms with E-state index >= 15 is 0 Å². The van der Waals surface area contributed by atoms with Crippen LogP contribution in [0.15, 0.2) is 36.4 Å². The van der Waals surface area contributed by atoms with Gasteiger partial charge in [-0.15, -0.1) is 0 Å². The molecule has 0 amide bonds. The number of unbranched alkanes of at least 4 members (excludes halogenated alkanes) is 2. The molecule has 2 nitrogen and oxygen atoms in total. The molecule has 0 bridgehead atoms. The molecular weight excluding hydrogens is 208 g/mol. The molecule has 0 saturated carbocycles. The van der Waals surface area contributed by atoms with Gasteiger partial charge in [0.25, 0.3) is 0 Å². The van der Waals surface area contributed by atoms with Crippen molar-refractivity contribution in [2.45, 2.75) is 32.6 Å². The molecule has 0 heterocycles. The zero-order chi connectivity index (χ0) is 12.3. The van der Waals surface area contributed by atoms with Gasteiger partial charge in [-0.25, -0.2) is 5.01 Å². The summed E-state index contributed by atoms with van der Waals surface area (Å²) < 4.78 is 0. The van der Waals surface area contributed by atoms with Crippen LogP contribution >= 0.6 is 0 Å². The lowest BCUT2D eigenvalue weighted by Gasteiger charge is -2.14. The maximum absolute atomic E-state index is 5.89. The molecule has 0 radical (unpaired) electrons. The van der Waals surface area contributed by atoms with Crippen LogP contribution in [0.4, 0.5) is 0 Å². The number of nitrogens with zero attached hydrogens (tertiary/aromatic N) is 1. The smallest absolute Gasteiger partial charge is 0.0163 e. The standard InChI is InChI=1S/C15H24N2/c1-2-3-8-13-17(16)14-9-7-12-15-10-5-4-6-11-15/h4-7,10-12H,2-3,8-9,13-14,16H2,1H3. The van der Waals surface area contributed by atoms with Gasteiger partial charge in [0.05, 0.1) is 0 Å². The summed E-state index contributed by atoms with van der Waals surface area (Å²) in [6.45, 7) is 4.16. The average Bonchev–Trinajstić information content (AvgIpc) is 2.36.